The number of hydrogen-bond donors (Lipinski definition) is 1. The molecule has 7 nitrogen and oxygen atoms in total. The van der Waals surface area contributed by atoms with Crippen LogP contribution >= 0.6 is 0 Å². The van der Waals surface area contributed by atoms with E-state index in [1.165, 1.54) is 18.3 Å². The minimum Gasteiger partial charge on any atom is -0.497 e. The van der Waals surface area contributed by atoms with Crippen LogP contribution in [0.2, 0.25) is 0 Å². The number of hydrogen-bond acceptors (Lipinski definition) is 5. The third kappa shape index (κ3) is 4.87. The van der Waals surface area contributed by atoms with Gasteiger partial charge in [0.1, 0.15) is 17.5 Å². The van der Waals surface area contributed by atoms with Crippen molar-refractivity contribution in [3.8, 4) is 11.5 Å². The second kappa shape index (κ2) is 10.3. The first-order valence-electron chi connectivity index (χ1n) is 11.1. The molecule has 4 rings (SSSR count). The Labute approximate surface area is 193 Å². The number of carbonyl (C=O) groups excluding carboxylic acids is 2. The van der Waals surface area contributed by atoms with Gasteiger partial charge >= 0.3 is 0 Å². The van der Waals surface area contributed by atoms with Gasteiger partial charge in [0.2, 0.25) is 5.91 Å². The highest BCUT2D eigenvalue weighted by atomic mass is 16.5. The number of amides is 2. The molecule has 1 fully saturated rings. The van der Waals surface area contributed by atoms with Crippen molar-refractivity contribution >= 4 is 17.5 Å². The highest BCUT2D eigenvalue weighted by molar-refractivity contribution is 6.09. The normalized spacial score (nSPS) is 14.5. The van der Waals surface area contributed by atoms with Crippen molar-refractivity contribution in [1.82, 2.24) is 5.32 Å². The lowest BCUT2D eigenvalue weighted by atomic mass is 10.0. The lowest BCUT2D eigenvalue weighted by Gasteiger charge is -2.32. The summed E-state index contributed by atoms with van der Waals surface area (Å²) in [5, 5.41) is 3.16. The molecule has 1 atom stereocenters. The van der Waals surface area contributed by atoms with Gasteiger partial charge in [-0.05, 0) is 42.7 Å². The van der Waals surface area contributed by atoms with Gasteiger partial charge in [-0.2, -0.15) is 0 Å². The van der Waals surface area contributed by atoms with Crippen LogP contribution in [0.1, 0.15) is 47.8 Å². The van der Waals surface area contributed by atoms with E-state index in [2.05, 4.69) is 5.32 Å². The van der Waals surface area contributed by atoms with Gasteiger partial charge in [0.25, 0.3) is 5.91 Å². The summed E-state index contributed by atoms with van der Waals surface area (Å²) in [6, 6.07) is 16.8. The van der Waals surface area contributed by atoms with E-state index in [-0.39, 0.29) is 17.7 Å². The van der Waals surface area contributed by atoms with Gasteiger partial charge in [-0.1, -0.05) is 43.2 Å². The van der Waals surface area contributed by atoms with Gasteiger partial charge in [-0.25, -0.2) is 0 Å². The molecule has 1 aromatic heterocycles. The Morgan fingerprint density at radius 1 is 1.00 bits per heavy atom. The van der Waals surface area contributed by atoms with E-state index in [0.717, 1.165) is 25.7 Å². The topological polar surface area (TPSA) is 81.0 Å². The molecule has 0 bridgehead atoms. The zero-order valence-electron chi connectivity index (χ0n) is 18.8. The summed E-state index contributed by atoms with van der Waals surface area (Å²) >= 11 is 0. The Hall–Kier alpha value is -3.74. The van der Waals surface area contributed by atoms with Crippen LogP contribution in [-0.2, 0) is 4.79 Å². The fraction of sp³-hybridized carbons (Fsp3) is 0.308. The molecule has 2 aromatic carbocycles. The van der Waals surface area contributed by atoms with E-state index in [1.807, 2.05) is 30.3 Å². The van der Waals surface area contributed by atoms with Crippen molar-refractivity contribution in [3.63, 3.8) is 0 Å². The molecular weight excluding hydrogens is 420 g/mol. The summed E-state index contributed by atoms with van der Waals surface area (Å²) in [5.74, 6) is 0.380. The SMILES string of the molecule is COc1ccc(OC)c(N(C(=O)c2ccco2)[C@@H](C(=O)NC2CCCC2)c2ccccc2)c1. The predicted molar refractivity (Wildman–Crippen MR) is 125 cm³/mol. The summed E-state index contributed by atoms with van der Waals surface area (Å²) < 4.78 is 16.4. The molecule has 0 aliphatic heterocycles. The maximum atomic E-state index is 13.8. The van der Waals surface area contributed by atoms with Crippen molar-refractivity contribution < 1.29 is 23.5 Å². The smallest absolute Gasteiger partial charge is 0.295 e. The first kappa shape index (κ1) is 22.5. The van der Waals surface area contributed by atoms with Crippen LogP contribution in [0.3, 0.4) is 0 Å². The zero-order chi connectivity index (χ0) is 23.2. The predicted octanol–water partition coefficient (Wildman–Crippen LogP) is 4.74. The minimum atomic E-state index is -0.939. The fourth-order valence-corrected chi connectivity index (χ4v) is 4.27. The van der Waals surface area contributed by atoms with Crippen molar-refractivity contribution in [2.45, 2.75) is 37.8 Å². The fourth-order valence-electron chi connectivity index (χ4n) is 4.27. The van der Waals surface area contributed by atoms with Gasteiger partial charge in [0, 0.05) is 12.1 Å². The maximum Gasteiger partial charge on any atom is 0.295 e. The van der Waals surface area contributed by atoms with Gasteiger partial charge in [0.15, 0.2) is 5.76 Å². The lowest BCUT2D eigenvalue weighted by molar-refractivity contribution is -0.123. The summed E-state index contributed by atoms with van der Waals surface area (Å²) in [6.07, 6.45) is 5.47. The summed E-state index contributed by atoms with van der Waals surface area (Å²) in [4.78, 5) is 29.0. The Morgan fingerprint density at radius 3 is 2.39 bits per heavy atom. The molecule has 33 heavy (non-hydrogen) atoms. The number of ether oxygens (including phenoxy) is 2. The van der Waals surface area contributed by atoms with Gasteiger partial charge in [0.05, 0.1) is 26.2 Å². The molecule has 1 saturated carbocycles. The summed E-state index contributed by atoms with van der Waals surface area (Å²) in [6.45, 7) is 0. The van der Waals surface area contributed by atoms with E-state index in [0.29, 0.717) is 22.7 Å². The van der Waals surface area contributed by atoms with Crippen molar-refractivity contribution in [1.29, 1.82) is 0 Å². The number of anilines is 1. The average molecular weight is 449 g/mol. The van der Waals surface area contributed by atoms with Crippen LogP contribution in [-0.4, -0.2) is 32.1 Å². The highest BCUT2D eigenvalue weighted by Crippen LogP contribution is 2.39. The van der Waals surface area contributed by atoms with Crippen molar-refractivity contribution in [3.05, 3.63) is 78.3 Å². The average Bonchev–Trinajstić information content (AvgIpc) is 3.57. The first-order chi connectivity index (χ1) is 16.1. The van der Waals surface area contributed by atoms with Crippen LogP contribution in [0.4, 0.5) is 5.69 Å². The quantitative estimate of drug-likeness (QED) is 0.538. The Bertz CT molecular complexity index is 1080. The number of benzene rings is 2. The van der Waals surface area contributed by atoms with Crippen LogP contribution in [0.25, 0.3) is 0 Å². The number of rotatable bonds is 8. The van der Waals surface area contributed by atoms with E-state index >= 15 is 0 Å². The second-order valence-corrected chi connectivity index (χ2v) is 7.99. The monoisotopic (exact) mass is 448 g/mol. The van der Waals surface area contributed by atoms with Crippen molar-refractivity contribution in [2.75, 3.05) is 19.1 Å². The highest BCUT2D eigenvalue weighted by Gasteiger charge is 2.37. The molecular formula is C26H28N2O5. The second-order valence-electron chi connectivity index (χ2n) is 7.99. The van der Waals surface area contributed by atoms with Gasteiger partial charge in [-0.15, -0.1) is 0 Å². The number of methoxy groups -OCH3 is 2. The molecule has 0 spiro atoms. The van der Waals surface area contributed by atoms with E-state index < -0.39 is 11.9 Å². The summed E-state index contributed by atoms with van der Waals surface area (Å²) in [7, 11) is 3.07. The molecule has 1 aliphatic carbocycles. The number of nitrogens with one attached hydrogen (secondary N) is 1. The van der Waals surface area contributed by atoms with E-state index in [9.17, 15) is 9.59 Å². The minimum absolute atomic E-state index is 0.0940. The van der Waals surface area contributed by atoms with Gasteiger partial charge < -0.3 is 19.2 Å². The standard InChI is InChI=1S/C26H28N2O5/c1-31-20-14-15-22(32-2)21(17-20)28(26(30)23-13-8-16-33-23)24(18-9-4-3-5-10-18)25(29)27-19-11-6-7-12-19/h3-5,8-10,13-17,19,24H,6-7,11-12H2,1-2H3,(H,27,29)/t24-/m1/s1. The van der Waals surface area contributed by atoms with Crippen LogP contribution in [0, 0.1) is 0 Å². The first-order valence-corrected chi connectivity index (χ1v) is 11.1. The Kier molecular flexibility index (Phi) is 6.98. The van der Waals surface area contributed by atoms with E-state index in [1.54, 1.807) is 37.4 Å². The molecule has 3 aromatic rings. The maximum absolute atomic E-state index is 13.8. The molecule has 2 amide bonds. The summed E-state index contributed by atoms with van der Waals surface area (Å²) in [5.41, 5.74) is 1.09. The molecule has 1 aliphatic rings. The zero-order valence-corrected chi connectivity index (χ0v) is 18.8. The number of carbonyl (C=O) groups is 2. The Balaban J connectivity index is 1.86. The molecule has 1 N–H and O–H groups in total. The Morgan fingerprint density at radius 2 is 1.76 bits per heavy atom. The third-order valence-corrected chi connectivity index (χ3v) is 5.92. The van der Waals surface area contributed by atoms with E-state index in [4.69, 9.17) is 13.9 Å². The lowest BCUT2D eigenvalue weighted by Crippen LogP contribution is -2.46. The third-order valence-electron chi connectivity index (χ3n) is 5.92. The molecule has 172 valence electrons. The van der Waals surface area contributed by atoms with Crippen LogP contribution < -0.4 is 19.7 Å². The van der Waals surface area contributed by atoms with Crippen molar-refractivity contribution in [2.24, 2.45) is 0 Å². The molecule has 0 saturated heterocycles. The largest absolute Gasteiger partial charge is 0.497 e. The number of furan rings is 1. The molecule has 0 unspecified atom stereocenters. The molecule has 1 heterocycles. The van der Waals surface area contributed by atoms with Crippen LogP contribution in [0.5, 0.6) is 11.5 Å². The molecule has 7 heteroatoms. The van der Waals surface area contributed by atoms with Crippen LogP contribution in [0.15, 0.2) is 71.3 Å². The number of nitrogens with zero attached hydrogens (tertiary/aromatic N) is 1. The molecule has 0 radical (unpaired) electrons. The van der Waals surface area contributed by atoms with Gasteiger partial charge in [-0.3, -0.25) is 14.5 Å².